The van der Waals surface area contributed by atoms with Gasteiger partial charge in [0.05, 0.1) is 4.92 Å². The van der Waals surface area contributed by atoms with Crippen molar-refractivity contribution in [2.24, 2.45) is 0 Å². The zero-order valence-electron chi connectivity index (χ0n) is 10.6. The van der Waals surface area contributed by atoms with Crippen molar-refractivity contribution in [2.75, 3.05) is 30.4 Å². The number of benzene rings is 1. The van der Waals surface area contributed by atoms with Gasteiger partial charge in [0.1, 0.15) is 0 Å². The van der Waals surface area contributed by atoms with Gasteiger partial charge in [0.2, 0.25) is 0 Å². The molecular weight excluding hydrogens is 218 g/mol. The maximum Gasteiger partial charge on any atom is 0.273 e. The molecule has 1 rings (SSSR count). The van der Waals surface area contributed by atoms with Crippen LogP contribution in [0.1, 0.15) is 20.3 Å². The Hall–Kier alpha value is -1.78. The molecule has 5 heteroatoms. The van der Waals surface area contributed by atoms with E-state index in [0.29, 0.717) is 0 Å². The van der Waals surface area contributed by atoms with E-state index in [1.54, 1.807) is 12.1 Å². The molecule has 0 bridgehead atoms. The van der Waals surface area contributed by atoms with Gasteiger partial charge in [-0.1, -0.05) is 6.92 Å². The van der Waals surface area contributed by atoms with E-state index in [-0.39, 0.29) is 10.6 Å². The summed E-state index contributed by atoms with van der Waals surface area (Å²) >= 11 is 0. The van der Waals surface area contributed by atoms with Gasteiger partial charge in [-0.25, -0.2) is 0 Å². The summed E-state index contributed by atoms with van der Waals surface area (Å²) in [4.78, 5) is 12.5. The number of nitrogens with one attached hydrogen (secondary N) is 1. The van der Waals surface area contributed by atoms with Gasteiger partial charge in [-0.2, -0.15) is 0 Å². The maximum atomic E-state index is 10.8. The number of nitro groups is 1. The number of nitrogens with zero attached hydrogens (tertiary/aromatic N) is 2. The zero-order valence-corrected chi connectivity index (χ0v) is 10.6. The largest absolute Gasteiger partial charge is 0.385 e. The second-order valence-electron chi connectivity index (χ2n) is 3.95. The first-order valence-corrected chi connectivity index (χ1v) is 5.83. The highest BCUT2D eigenvalue weighted by atomic mass is 16.6. The Labute approximate surface area is 102 Å². The van der Waals surface area contributed by atoms with Crippen LogP contribution in [-0.2, 0) is 0 Å². The standard InChI is InChI=1S/C12H19N3O2/c1-4-6-14(3)11-7-10(13-5-2)8-12(9-11)15(16)17/h7-9,13H,4-6H2,1-3H3. The Kier molecular flexibility index (Phi) is 4.75. The average molecular weight is 237 g/mol. The van der Waals surface area contributed by atoms with Gasteiger partial charge in [0.15, 0.2) is 0 Å². The molecule has 0 radical (unpaired) electrons. The highest BCUT2D eigenvalue weighted by molar-refractivity contribution is 5.64. The summed E-state index contributed by atoms with van der Waals surface area (Å²) in [6.45, 7) is 5.68. The van der Waals surface area contributed by atoms with Crippen LogP contribution in [0.2, 0.25) is 0 Å². The summed E-state index contributed by atoms with van der Waals surface area (Å²) in [6.07, 6.45) is 1.01. The molecule has 0 aliphatic carbocycles. The molecule has 17 heavy (non-hydrogen) atoms. The number of anilines is 2. The summed E-state index contributed by atoms with van der Waals surface area (Å²) in [6, 6.07) is 5.11. The van der Waals surface area contributed by atoms with Crippen molar-refractivity contribution in [3.8, 4) is 0 Å². The second-order valence-corrected chi connectivity index (χ2v) is 3.95. The molecule has 0 aliphatic heterocycles. The monoisotopic (exact) mass is 237 g/mol. The highest BCUT2D eigenvalue weighted by Crippen LogP contribution is 2.26. The number of rotatable bonds is 6. The molecule has 0 amide bonds. The smallest absolute Gasteiger partial charge is 0.273 e. The third kappa shape index (κ3) is 3.62. The molecular formula is C12H19N3O2. The SMILES string of the molecule is CCCN(C)c1cc(NCC)cc([N+](=O)[O-])c1. The lowest BCUT2D eigenvalue weighted by atomic mass is 10.2. The molecule has 0 spiro atoms. The topological polar surface area (TPSA) is 58.4 Å². The minimum Gasteiger partial charge on any atom is -0.385 e. The van der Waals surface area contributed by atoms with E-state index in [1.807, 2.05) is 24.9 Å². The van der Waals surface area contributed by atoms with E-state index in [9.17, 15) is 10.1 Å². The number of hydrogen-bond acceptors (Lipinski definition) is 4. The molecule has 0 heterocycles. The minimum absolute atomic E-state index is 0.126. The van der Waals surface area contributed by atoms with Crippen LogP contribution in [0.5, 0.6) is 0 Å². The Morgan fingerprint density at radius 1 is 1.35 bits per heavy atom. The fourth-order valence-electron chi connectivity index (χ4n) is 1.69. The predicted octanol–water partition coefficient (Wildman–Crippen LogP) is 2.87. The molecule has 1 aromatic rings. The van der Waals surface area contributed by atoms with E-state index < -0.39 is 0 Å². The number of nitro benzene ring substituents is 1. The van der Waals surface area contributed by atoms with Gasteiger partial charge in [0.25, 0.3) is 5.69 Å². The van der Waals surface area contributed by atoms with Gasteiger partial charge in [0, 0.05) is 43.6 Å². The zero-order chi connectivity index (χ0) is 12.8. The van der Waals surface area contributed by atoms with E-state index in [0.717, 1.165) is 30.9 Å². The van der Waals surface area contributed by atoms with Gasteiger partial charge >= 0.3 is 0 Å². The molecule has 0 saturated carbocycles. The van der Waals surface area contributed by atoms with Crippen molar-refractivity contribution in [2.45, 2.75) is 20.3 Å². The Balaban J connectivity index is 3.07. The molecule has 0 aromatic heterocycles. The van der Waals surface area contributed by atoms with Gasteiger partial charge in [-0.3, -0.25) is 10.1 Å². The summed E-state index contributed by atoms with van der Waals surface area (Å²) in [5.41, 5.74) is 1.79. The van der Waals surface area contributed by atoms with Crippen LogP contribution in [-0.4, -0.2) is 25.1 Å². The van der Waals surface area contributed by atoms with E-state index in [2.05, 4.69) is 12.2 Å². The van der Waals surface area contributed by atoms with Crippen LogP contribution in [0.25, 0.3) is 0 Å². The van der Waals surface area contributed by atoms with Crippen LogP contribution in [0.3, 0.4) is 0 Å². The summed E-state index contributed by atoms with van der Waals surface area (Å²) < 4.78 is 0. The first kappa shape index (κ1) is 13.3. The lowest BCUT2D eigenvalue weighted by Gasteiger charge is -2.19. The molecule has 0 fully saturated rings. The third-order valence-corrected chi connectivity index (χ3v) is 2.49. The van der Waals surface area contributed by atoms with E-state index >= 15 is 0 Å². The molecule has 94 valence electrons. The Bertz CT molecular complexity index is 393. The minimum atomic E-state index is -0.357. The lowest BCUT2D eigenvalue weighted by molar-refractivity contribution is -0.384. The predicted molar refractivity (Wildman–Crippen MR) is 70.8 cm³/mol. The van der Waals surface area contributed by atoms with E-state index in [4.69, 9.17) is 0 Å². The fraction of sp³-hybridized carbons (Fsp3) is 0.500. The van der Waals surface area contributed by atoms with Crippen molar-refractivity contribution >= 4 is 17.1 Å². The van der Waals surface area contributed by atoms with Crippen molar-refractivity contribution in [1.82, 2.24) is 0 Å². The molecule has 5 nitrogen and oxygen atoms in total. The summed E-state index contributed by atoms with van der Waals surface area (Å²) in [5.74, 6) is 0. The van der Waals surface area contributed by atoms with Crippen molar-refractivity contribution in [3.05, 3.63) is 28.3 Å². The third-order valence-electron chi connectivity index (χ3n) is 2.49. The Morgan fingerprint density at radius 2 is 2.06 bits per heavy atom. The van der Waals surface area contributed by atoms with Crippen LogP contribution in [0.15, 0.2) is 18.2 Å². The van der Waals surface area contributed by atoms with Crippen molar-refractivity contribution in [3.63, 3.8) is 0 Å². The van der Waals surface area contributed by atoms with Crippen LogP contribution >= 0.6 is 0 Å². The number of hydrogen-bond donors (Lipinski definition) is 1. The lowest BCUT2D eigenvalue weighted by Crippen LogP contribution is -2.18. The molecule has 0 atom stereocenters. The van der Waals surface area contributed by atoms with Crippen LogP contribution in [0, 0.1) is 10.1 Å². The molecule has 0 aliphatic rings. The first-order valence-electron chi connectivity index (χ1n) is 5.83. The first-order chi connectivity index (χ1) is 8.08. The van der Waals surface area contributed by atoms with Crippen molar-refractivity contribution < 1.29 is 4.92 Å². The van der Waals surface area contributed by atoms with Crippen LogP contribution < -0.4 is 10.2 Å². The van der Waals surface area contributed by atoms with Gasteiger partial charge in [-0.15, -0.1) is 0 Å². The maximum absolute atomic E-state index is 10.8. The quantitative estimate of drug-likeness (QED) is 0.610. The normalized spacial score (nSPS) is 10.1. The Morgan fingerprint density at radius 3 is 2.59 bits per heavy atom. The molecule has 0 unspecified atom stereocenters. The summed E-state index contributed by atoms with van der Waals surface area (Å²) in [5, 5.41) is 14.0. The van der Waals surface area contributed by atoms with Gasteiger partial charge < -0.3 is 10.2 Å². The second kappa shape index (κ2) is 6.08. The highest BCUT2D eigenvalue weighted by Gasteiger charge is 2.11. The van der Waals surface area contributed by atoms with Gasteiger partial charge in [-0.05, 0) is 19.4 Å². The average Bonchev–Trinajstić information content (AvgIpc) is 2.29. The molecule has 0 saturated heterocycles. The fourth-order valence-corrected chi connectivity index (χ4v) is 1.69. The molecule has 1 aromatic carbocycles. The van der Waals surface area contributed by atoms with Crippen LogP contribution in [0.4, 0.5) is 17.1 Å². The summed E-state index contributed by atoms with van der Waals surface area (Å²) in [7, 11) is 1.94. The molecule has 1 N–H and O–H groups in total. The van der Waals surface area contributed by atoms with E-state index in [1.165, 1.54) is 0 Å². The van der Waals surface area contributed by atoms with Crippen molar-refractivity contribution in [1.29, 1.82) is 0 Å². The number of non-ortho nitro benzene ring substituents is 1.